The van der Waals surface area contributed by atoms with E-state index >= 15 is 0 Å². The second-order valence-corrected chi connectivity index (χ2v) is 8.10. The van der Waals surface area contributed by atoms with Crippen molar-refractivity contribution in [1.82, 2.24) is 10.0 Å². The standard InChI is InChI=1S/C16H21N3O5S/c1-3-11(2)18-25(22,23)13-6-4-5-12(9-13)19-14(20)16(17-15(19)21)7-8-24-10-16/h4-6,9,11,18H,3,7-8,10H2,1-2H3,(H,17,21). The first-order valence-corrected chi connectivity index (χ1v) is 9.64. The Balaban J connectivity index is 1.92. The molecule has 0 radical (unpaired) electrons. The summed E-state index contributed by atoms with van der Waals surface area (Å²) in [6.07, 6.45) is 1.05. The molecule has 2 aliphatic rings. The summed E-state index contributed by atoms with van der Waals surface area (Å²) in [4.78, 5) is 26.0. The van der Waals surface area contributed by atoms with Gasteiger partial charge in [0, 0.05) is 19.1 Å². The molecule has 1 spiro atoms. The maximum absolute atomic E-state index is 12.7. The molecule has 1 aromatic carbocycles. The zero-order chi connectivity index (χ0) is 18.2. The number of rotatable bonds is 5. The lowest BCUT2D eigenvalue weighted by molar-refractivity contribution is -0.122. The minimum absolute atomic E-state index is 0.00882. The molecule has 0 aliphatic carbocycles. The number of imide groups is 1. The number of benzene rings is 1. The van der Waals surface area contributed by atoms with Crippen LogP contribution in [0.15, 0.2) is 29.2 Å². The summed E-state index contributed by atoms with van der Waals surface area (Å²) in [5, 5.41) is 2.67. The smallest absolute Gasteiger partial charge is 0.329 e. The molecular weight excluding hydrogens is 346 g/mol. The van der Waals surface area contributed by atoms with Crippen LogP contribution in [0.5, 0.6) is 0 Å². The van der Waals surface area contributed by atoms with Crippen LogP contribution in [-0.4, -0.2) is 45.2 Å². The number of amides is 3. The minimum atomic E-state index is -3.73. The van der Waals surface area contributed by atoms with E-state index in [1.54, 1.807) is 6.92 Å². The first kappa shape index (κ1) is 17.8. The summed E-state index contributed by atoms with van der Waals surface area (Å²) in [5.74, 6) is -0.417. The van der Waals surface area contributed by atoms with Gasteiger partial charge in [-0.25, -0.2) is 22.8 Å². The fourth-order valence-corrected chi connectivity index (χ4v) is 4.26. The lowest BCUT2D eigenvalue weighted by Gasteiger charge is -2.19. The molecule has 136 valence electrons. The van der Waals surface area contributed by atoms with Crippen LogP contribution in [0, 0.1) is 0 Å². The Morgan fingerprint density at radius 3 is 2.80 bits per heavy atom. The summed E-state index contributed by atoms with van der Waals surface area (Å²) in [6, 6.07) is 5.02. The van der Waals surface area contributed by atoms with Crippen LogP contribution < -0.4 is 14.9 Å². The number of nitrogens with one attached hydrogen (secondary N) is 2. The lowest BCUT2D eigenvalue weighted by Crippen LogP contribution is -2.47. The van der Waals surface area contributed by atoms with Gasteiger partial charge in [0.2, 0.25) is 10.0 Å². The fraction of sp³-hybridized carbons (Fsp3) is 0.500. The Hall–Kier alpha value is -1.97. The van der Waals surface area contributed by atoms with Gasteiger partial charge < -0.3 is 10.1 Å². The Bertz CT molecular complexity index is 802. The first-order chi connectivity index (χ1) is 11.8. The molecule has 2 unspecified atom stereocenters. The largest absolute Gasteiger partial charge is 0.378 e. The lowest BCUT2D eigenvalue weighted by atomic mass is 9.99. The van der Waals surface area contributed by atoms with E-state index in [2.05, 4.69) is 10.0 Å². The van der Waals surface area contributed by atoms with Gasteiger partial charge in [-0.2, -0.15) is 0 Å². The molecule has 1 aromatic rings. The van der Waals surface area contributed by atoms with Crippen LogP contribution in [0.3, 0.4) is 0 Å². The highest BCUT2D eigenvalue weighted by atomic mass is 32.2. The average molecular weight is 367 g/mol. The van der Waals surface area contributed by atoms with Gasteiger partial charge in [-0.05, 0) is 31.5 Å². The van der Waals surface area contributed by atoms with Crippen molar-refractivity contribution in [1.29, 1.82) is 0 Å². The predicted octanol–water partition coefficient (Wildman–Crippen LogP) is 0.979. The maximum atomic E-state index is 12.7. The quantitative estimate of drug-likeness (QED) is 0.755. The molecule has 2 aliphatic heterocycles. The second kappa shape index (κ2) is 6.40. The fourth-order valence-electron chi connectivity index (χ4n) is 2.89. The van der Waals surface area contributed by atoms with Gasteiger partial charge in [0.05, 0.1) is 17.2 Å². The molecule has 2 N–H and O–H groups in total. The van der Waals surface area contributed by atoms with Crippen molar-refractivity contribution in [3.63, 3.8) is 0 Å². The van der Waals surface area contributed by atoms with Crippen LogP contribution in [0.4, 0.5) is 10.5 Å². The highest BCUT2D eigenvalue weighted by Gasteiger charge is 2.54. The third kappa shape index (κ3) is 3.14. The van der Waals surface area contributed by atoms with Gasteiger partial charge in [0.1, 0.15) is 5.54 Å². The minimum Gasteiger partial charge on any atom is -0.378 e. The predicted molar refractivity (Wildman–Crippen MR) is 90.7 cm³/mol. The van der Waals surface area contributed by atoms with Crippen LogP contribution in [0.1, 0.15) is 26.7 Å². The van der Waals surface area contributed by atoms with Crippen molar-refractivity contribution in [2.75, 3.05) is 18.1 Å². The third-order valence-electron chi connectivity index (χ3n) is 4.54. The first-order valence-electron chi connectivity index (χ1n) is 8.16. The number of nitrogens with zero attached hydrogens (tertiary/aromatic N) is 1. The molecule has 9 heteroatoms. The molecule has 3 amide bonds. The number of urea groups is 1. The van der Waals surface area contributed by atoms with E-state index in [1.807, 2.05) is 6.92 Å². The van der Waals surface area contributed by atoms with Crippen LogP contribution >= 0.6 is 0 Å². The van der Waals surface area contributed by atoms with Gasteiger partial charge in [0.25, 0.3) is 5.91 Å². The molecule has 2 atom stereocenters. The van der Waals surface area contributed by atoms with Crippen LogP contribution in [-0.2, 0) is 19.6 Å². The van der Waals surface area contributed by atoms with Gasteiger partial charge in [-0.3, -0.25) is 4.79 Å². The normalized spacial score (nSPS) is 24.8. The Labute approximate surface area is 146 Å². The number of hydrogen-bond acceptors (Lipinski definition) is 5. The molecule has 0 saturated carbocycles. The van der Waals surface area contributed by atoms with Gasteiger partial charge >= 0.3 is 6.03 Å². The van der Waals surface area contributed by atoms with E-state index in [9.17, 15) is 18.0 Å². The molecule has 0 bridgehead atoms. The number of carbonyl (C=O) groups is 2. The maximum Gasteiger partial charge on any atom is 0.329 e. The van der Waals surface area contributed by atoms with E-state index in [0.717, 1.165) is 4.90 Å². The molecule has 8 nitrogen and oxygen atoms in total. The molecule has 3 rings (SSSR count). The highest BCUT2D eigenvalue weighted by molar-refractivity contribution is 7.89. The Kier molecular flexibility index (Phi) is 4.56. The van der Waals surface area contributed by atoms with Crippen LogP contribution in [0.25, 0.3) is 0 Å². The van der Waals surface area contributed by atoms with Crippen molar-refractivity contribution in [3.8, 4) is 0 Å². The van der Waals surface area contributed by atoms with E-state index in [0.29, 0.717) is 19.4 Å². The topological polar surface area (TPSA) is 105 Å². The molecular formula is C16H21N3O5S. The Morgan fingerprint density at radius 1 is 1.40 bits per heavy atom. The van der Waals surface area contributed by atoms with Crippen molar-refractivity contribution >= 4 is 27.6 Å². The summed E-state index contributed by atoms with van der Waals surface area (Å²) in [7, 11) is -3.73. The van der Waals surface area contributed by atoms with E-state index in [1.165, 1.54) is 24.3 Å². The summed E-state index contributed by atoms with van der Waals surface area (Å²) in [6.45, 7) is 4.16. The van der Waals surface area contributed by atoms with Crippen molar-refractivity contribution in [3.05, 3.63) is 24.3 Å². The van der Waals surface area contributed by atoms with Crippen LogP contribution in [0.2, 0.25) is 0 Å². The average Bonchev–Trinajstić information content (AvgIpc) is 3.13. The molecule has 2 heterocycles. The summed E-state index contributed by atoms with van der Waals surface area (Å²) >= 11 is 0. The molecule has 25 heavy (non-hydrogen) atoms. The molecule has 2 saturated heterocycles. The van der Waals surface area contributed by atoms with E-state index < -0.39 is 27.5 Å². The van der Waals surface area contributed by atoms with Crippen molar-refractivity contribution in [2.45, 2.75) is 43.2 Å². The zero-order valence-electron chi connectivity index (χ0n) is 14.1. The molecule has 0 aromatic heterocycles. The zero-order valence-corrected chi connectivity index (χ0v) is 14.9. The number of ether oxygens (including phenoxy) is 1. The highest BCUT2D eigenvalue weighted by Crippen LogP contribution is 2.31. The monoisotopic (exact) mass is 367 g/mol. The number of carbonyl (C=O) groups excluding carboxylic acids is 2. The van der Waals surface area contributed by atoms with E-state index in [-0.39, 0.29) is 23.2 Å². The van der Waals surface area contributed by atoms with Gasteiger partial charge in [-0.15, -0.1) is 0 Å². The third-order valence-corrected chi connectivity index (χ3v) is 6.13. The summed E-state index contributed by atoms with van der Waals surface area (Å²) in [5.41, 5.74) is -0.820. The van der Waals surface area contributed by atoms with Crippen molar-refractivity contribution < 1.29 is 22.7 Å². The Morgan fingerprint density at radius 2 is 2.16 bits per heavy atom. The number of anilines is 1. The van der Waals surface area contributed by atoms with Crippen molar-refractivity contribution in [2.24, 2.45) is 0 Å². The van der Waals surface area contributed by atoms with E-state index in [4.69, 9.17) is 4.74 Å². The van der Waals surface area contributed by atoms with Gasteiger partial charge in [-0.1, -0.05) is 13.0 Å². The summed E-state index contributed by atoms with van der Waals surface area (Å²) < 4.78 is 32.7. The molecule has 2 fully saturated rings. The number of sulfonamides is 1. The number of hydrogen-bond donors (Lipinski definition) is 2. The SMILES string of the molecule is CCC(C)NS(=O)(=O)c1cccc(N2C(=O)NC3(CCOC3)C2=O)c1. The van der Waals surface area contributed by atoms with Gasteiger partial charge in [0.15, 0.2) is 0 Å². The second-order valence-electron chi connectivity index (χ2n) is 6.38.